The van der Waals surface area contributed by atoms with Crippen LogP contribution in [0, 0.1) is 13.8 Å². The number of Topliss-reactive ketones (excluding diaryl/α,β-unsaturated/α-hetero) is 1. The van der Waals surface area contributed by atoms with Crippen LogP contribution in [0.4, 0.5) is 0 Å². The summed E-state index contributed by atoms with van der Waals surface area (Å²) in [5.41, 5.74) is 8.08. The molecule has 4 nitrogen and oxygen atoms in total. The van der Waals surface area contributed by atoms with E-state index in [1.165, 1.54) is 0 Å². The highest BCUT2D eigenvalue weighted by atomic mass is 16.1. The first-order chi connectivity index (χ1) is 8.43. The number of hydrogen-bond donors (Lipinski definition) is 1. The fourth-order valence-corrected chi connectivity index (χ4v) is 1.71. The Kier molecular flexibility index (Phi) is 5.04. The molecule has 0 bridgehead atoms. The number of carbonyl (C=O) groups is 2. The Morgan fingerprint density at radius 2 is 1.83 bits per heavy atom. The molecule has 2 N–H and O–H groups in total. The van der Waals surface area contributed by atoms with Gasteiger partial charge in [-0.05, 0) is 37.6 Å². The van der Waals surface area contributed by atoms with Gasteiger partial charge >= 0.3 is 0 Å². The Hall–Kier alpha value is -1.68. The molecule has 0 saturated heterocycles. The number of primary amides is 1. The van der Waals surface area contributed by atoms with Crippen LogP contribution in [0.15, 0.2) is 18.2 Å². The normalized spacial score (nSPS) is 10.7. The van der Waals surface area contributed by atoms with Gasteiger partial charge in [0.05, 0.1) is 13.1 Å². The van der Waals surface area contributed by atoms with E-state index in [1.807, 2.05) is 39.0 Å². The summed E-state index contributed by atoms with van der Waals surface area (Å²) in [6.45, 7) is 6.85. The molecule has 0 fully saturated rings. The van der Waals surface area contributed by atoms with Crippen LogP contribution in [-0.2, 0) is 4.79 Å². The van der Waals surface area contributed by atoms with Crippen molar-refractivity contribution in [2.24, 2.45) is 5.73 Å². The summed E-state index contributed by atoms with van der Waals surface area (Å²) in [6.07, 6.45) is 0. The first kappa shape index (κ1) is 14.4. The third-order valence-electron chi connectivity index (χ3n) is 3.02. The molecule has 0 aliphatic carbocycles. The second kappa shape index (κ2) is 6.31. The number of aryl methyl sites for hydroxylation is 2. The number of amides is 1. The van der Waals surface area contributed by atoms with Crippen molar-refractivity contribution in [3.05, 3.63) is 34.9 Å². The van der Waals surface area contributed by atoms with Crippen molar-refractivity contribution in [2.45, 2.75) is 20.8 Å². The minimum absolute atomic E-state index is 0.0150. The molecule has 18 heavy (non-hydrogen) atoms. The predicted molar refractivity (Wildman–Crippen MR) is 71.6 cm³/mol. The molecule has 0 atom stereocenters. The van der Waals surface area contributed by atoms with Gasteiger partial charge in [0.2, 0.25) is 5.91 Å². The summed E-state index contributed by atoms with van der Waals surface area (Å²) in [5, 5.41) is 0. The summed E-state index contributed by atoms with van der Waals surface area (Å²) in [4.78, 5) is 24.7. The Morgan fingerprint density at radius 1 is 1.17 bits per heavy atom. The van der Waals surface area contributed by atoms with E-state index in [0.717, 1.165) is 11.1 Å². The van der Waals surface area contributed by atoms with Crippen LogP contribution in [0.2, 0.25) is 0 Å². The summed E-state index contributed by atoms with van der Waals surface area (Å²) in [7, 11) is 0. The van der Waals surface area contributed by atoms with Crippen molar-refractivity contribution in [3.63, 3.8) is 0 Å². The van der Waals surface area contributed by atoms with Gasteiger partial charge in [0.25, 0.3) is 0 Å². The highest BCUT2D eigenvalue weighted by molar-refractivity contribution is 5.98. The summed E-state index contributed by atoms with van der Waals surface area (Å²) in [5.74, 6) is -0.397. The zero-order valence-corrected chi connectivity index (χ0v) is 11.2. The molecular weight excluding hydrogens is 228 g/mol. The second-order valence-corrected chi connectivity index (χ2v) is 4.49. The monoisotopic (exact) mass is 248 g/mol. The quantitative estimate of drug-likeness (QED) is 0.772. The van der Waals surface area contributed by atoms with E-state index in [9.17, 15) is 9.59 Å². The van der Waals surface area contributed by atoms with E-state index >= 15 is 0 Å². The van der Waals surface area contributed by atoms with Crippen LogP contribution in [0.1, 0.15) is 28.4 Å². The van der Waals surface area contributed by atoms with E-state index in [-0.39, 0.29) is 18.9 Å². The molecule has 4 heteroatoms. The van der Waals surface area contributed by atoms with E-state index in [0.29, 0.717) is 12.1 Å². The van der Waals surface area contributed by atoms with Crippen LogP contribution in [0.3, 0.4) is 0 Å². The highest BCUT2D eigenvalue weighted by Gasteiger charge is 2.13. The maximum absolute atomic E-state index is 12.1. The SMILES string of the molecule is CCN(CC(N)=O)CC(=O)c1ccc(C)c(C)c1. The fourth-order valence-electron chi connectivity index (χ4n) is 1.71. The van der Waals surface area contributed by atoms with Gasteiger partial charge in [-0.1, -0.05) is 19.1 Å². The molecule has 0 unspecified atom stereocenters. The van der Waals surface area contributed by atoms with Crippen molar-refractivity contribution in [2.75, 3.05) is 19.6 Å². The Bertz CT molecular complexity index is 455. The molecule has 1 amide bonds. The van der Waals surface area contributed by atoms with Gasteiger partial charge in [-0.25, -0.2) is 0 Å². The van der Waals surface area contributed by atoms with Gasteiger partial charge in [-0.2, -0.15) is 0 Å². The largest absolute Gasteiger partial charge is 0.369 e. The van der Waals surface area contributed by atoms with Gasteiger partial charge in [0.1, 0.15) is 0 Å². The zero-order chi connectivity index (χ0) is 13.7. The molecule has 1 rings (SSSR count). The molecule has 0 aliphatic heterocycles. The molecule has 0 aliphatic rings. The number of ketones is 1. The molecular formula is C14H20N2O2. The predicted octanol–water partition coefficient (Wildman–Crippen LogP) is 1.29. The first-order valence-electron chi connectivity index (χ1n) is 6.05. The van der Waals surface area contributed by atoms with E-state index in [4.69, 9.17) is 5.73 Å². The average Bonchev–Trinajstić information content (AvgIpc) is 2.31. The van der Waals surface area contributed by atoms with Gasteiger partial charge in [0, 0.05) is 5.56 Å². The number of carbonyl (C=O) groups excluding carboxylic acids is 2. The maximum Gasteiger partial charge on any atom is 0.231 e. The number of nitrogens with zero attached hydrogens (tertiary/aromatic N) is 1. The van der Waals surface area contributed by atoms with Crippen LogP contribution >= 0.6 is 0 Å². The third-order valence-corrected chi connectivity index (χ3v) is 3.02. The Morgan fingerprint density at radius 3 is 2.33 bits per heavy atom. The smallest absolute Gasteiger partial charge is 0.231 e. The third kappa shape index (κ3) is 3.96. The average molecular weight is 248 g/mol. The van der Waals surface area contributed by atoms with E-state index in [2.05, 4.69) is 0 Å². The second-order valence-electron chi connectivity index (χ2n) is 4.49. The molecule has 0 saturated carbocycles. The number of hydrogen-bond acceptors (Lipinski definition) is 3. The maximum atomic E-state index is 12.1. The van der Waals surface area contributed by atoms with Gasteiger partial charge in [-0.3, -0.25) is 14.5 Å². The van der Waals surface area contributed by atoms with E-state index < -0.39 is 5.91 Å². The lowest BCUT2D eigenvalue weighted by molar-refractivity contribution is -0.118. The standard InChI is InChI=1S/C14H20N2O2/c1-4-16(9-14(15)18)8-13(17)12-6-5-10(2)11(3)7-12/h5-7H,4,8-9H2,1-3H3,(H2,15,18). The van der Waals surface area contributed by atoms with Crippen LogP contribution in [0.5, 0.6) is 0 Å². The summed E-state index contributed by atoms with van der Waals surface area (Å²) in [6, 6.07) is 5.64. The van der Waals surface area contributed by atoms with Crippen LogP contribution in [-0.4, -0.2) is 36.2 Å². The first-order valence-corrected chi connectivity index (χ1v) is 6.05. The van der Waals surface area contributed by atoms with Gasteiger partial charge in [-0.15, -0.1) is 0 Å². The lowest BCUT2D eigenvalue weighted by Crippen LogP contribution is -2.37. The lowest BCUT2D eigenvalue weighted by Gasteiger charge is -2.17. The molecule has 0 heterocycles. The molecule has 0 aromatic heterocycles. The number of rotatable bonds is 6. The summed E-state index contributed by atoms with van der Waals surface area (Å²) < 4.78 is 0. The Balaban J connectivity index is 2.74. The minimum Gasteiger partial charge on any atom is -0.369 e. The van der Waals surface area contributed by atoms with E-state index in [1.54, 1.807) is 4.90 Å². The molecule has 98 valence electrons. The zero-order valence-electron chi connectivity index (χ0n) is 11.2. The number of likely N-dealkylation sites (N-methyl/N-ethyl adjacent to an activating group) is 1. The van der Waals surface area contributed by atoms with Gasteiger partial charge < -0.3 is 5.73 Å². The summed E-state index contributed by atoms with van der Waals surface area (Å²) >= 11 is 0. The van der Waals surface area contributed by atoms with Crippen LogP contribution in [0.25, 0.3) is 0 Å². The molecule has 1 aromatic carbocycles. The fraction of sp³-hybridized carbons (Fsp3) is 0.429. The molecule has 0 spiro atoms. The van der Waals surface area contributed by atoms with Crippen molar-refractivity contribution in [1.82, 2.24) is 4.90 Å². The Labute approximate surface area is 108 Å². The highest BCUT2D eigenvalue weighted by Crippen LogP contribution is 2.10. The van der Waals surface area contributed by atoms with Crippen molar-refractivity contribution in [1.29, 1.82) is 0 Å². The number of nitrogens with two attached hydrogens (primary N) is 1. The minimum atomic E-state index is -0.412. The lowest BCUT2D eigenvalue weighted by atomic mass is 10.0. The topological polar surface area (TPSA) is 63.4 Å². The van der Waals surface area contributed by atoms with Gasteiger partial charge in [0.15, 0.2) is 5.78 Å². The molecule has 0 radical (unpaired) electrons. The number of benzene rings is 1. The van der Waals surface area contributed by atoms with Crippen LogP contribution < -0.4 is 5.73 Å². The van der Waals surface area contributed by atoms with Crippen molar-refractivity contribution in [3.8, 4) is 0 Å². The van der Waals surface area contributed by atoms with Crippen molar-refractivity contribution < 1.29 is 9.59 Å². The van der Waals surface area contributed by atoms with Crippen molar-refractivity contribution >= 4 is 11.7 Å². The molecule has 1 aromatic rings.